The normalized spacial score (nSPS) is 15.8. The topological polar surface area (TPSA) is 35.6 Å². The number of urea groups is 1. The lowest BCUT2D eigenvalue weighted by Gasteiger charge is -2.34. The monoisotopic (exact) mass is 323 g/mol. The van der Waals surface area contributed by atoms with E-state index < -0.39 is 0 Å². The van der Waals surface area contributed by atoms with Gasteiger partial charge >= 0.3 is 6.03 Å². The molecule has 2 amide bonds. The van der Waals surface area contributed by atoms with Crippen molar-refractivity contribution < 1.29 is 4.79 Å². The first-order valence-corrected chi connectivity index (χ1v) is 8.56. The maximum atomic E-state index is 11.9. The van der Waals surface area contributed by atoms with Gasteiger partial charge in [-0.1, -0.05) is 30.7 Å². The summed E-state index contributed by atoms with van der Waals surface area (Å²) in [5, 5.41) is 3.74. The minimum Gasteiger partial charge on any atom is -0.338 e. The van der Waals surface area contributed by atoms with Gasteiger partial charge in [0, 0.05) is 37.7 Å². The standard InChI is InChI=1S/C17H26ClN3O/c1-2-9-19-17(22)21-13-11-20(12-14-21)10-3-4-15-5-7-16(18)8-6-15/h5-8H,2-4,9-14H2,1H3,(H,19,22). The van der Waals surface area contributed by atoms with Crippen LogP contribution >= 0.6 is 11.6 Å². The molecule has 0 spiro atoms. The number of carbonyl (C=O) groups excluding carboxylic acids is 1. The largest absolute Gasteiger partial charge is 0.338 e. The Morgan fingerprint density at radius 2 is 1.86 bits per heavy atom. The highest BCUT2D eigenvalue weighted by atomic mass is 35.5. The zero-order valence-corrected chi connectivity index (χ0v) is 14.1. The van der Waals surface area contributed by atoms with E-state index in [1.165, 1.54) is 5.56 Å². The highest BCUT2D eigenvalue weighted by Crippen LogP contribution is 2.11. The molecule has 1 heterocycles. The SMILES string of the molecule is CCCNC(=O)N1CCN(CCCc2ccc(Cl)cc2)CC1. The quantitative estimate of drug-likeness (QED) is 0.873. The van der Waals surface area contributed by atoms with Crippen LogP contribution in [0, 0.1) is 0 Å². The van der Waals surface area contributed by atoms with E-state index in [4.69, 9.17) is 11.6 Å². The first kappa shape index (κ1) is 17.1. The molecule has 0 bridgehead atoms. The number of benzene rings is 1. The molecule has 1 N–H and O–H groups in total. The third-order valence-corrected chi connectivity index (χ3v) is 4.29. The smallest absolute Gasteiger partial charge is 0.317 e. The van der Waals surface area contributed by atoms with Gasteiger partial charge in [-0.05, 0) is 43.5 Å². The van der Waals surface area contributed by atoms with Crippen LogP contribution in [0.3, 0.4) is 0 Å². The Kier molecular flexibility index (Phi) is 7.00. The molecule has 0 radical (unpaired) electrons. The van der Waals surface area contributed by atoms with Crippen LogP contribution in [-0.4, -0.2) is 55.1 Å². The molecule has 0 saturated carbocycles. The van der Waals surface area contributed by atoms with Crippen LogP contribution in [0.15, 0.2) is 24.3 Å². The number of amides is 2. The predicted molar refractivity (Wildman–Crippen MR) is 91.5 cm³/mol. The maximum absolute atomic E-state index is 11.9. The van der Waals surface area contributed by atoms with Crippen molar-refractivity contribution in [3.63, 3.8) is 0 Å². The summed E-state index contributed by atoms with van der Waals surface area (Å²) >= 11 is 5.89. The Morgan fingerprint density at radius 1 is 1.18 bits per heavy atom. The fraction of sp³-hybridized carbons (Fsp3) is 0.588. The highest BCUT2D eigenvalue weighted by molar-refractivity contribution is 6.30. The summed E-state index contributed by atoms with van der Waals surface area (Å²) in [6.07, 6.45) is 3.20. The molecule has 0 aromatic heterocycles. The second kappa shape index (κ2) is 9.01. The summed E-state index contributed by atoms with van der Waals surface area (Å²) in [4.78, 5) is 16.2. The van der Waals surface area contributed by atoms with E-state index in [0.717, 1.165) is 63.6 Å². The number of carbonyl (C=O) groups is 1. The van der Waals surface area contributed by atoms with Gasteiger partial charge in [-0.15, -0.1) is 0 Å². The summed E-state index contributed by atoms with van der Waals surface area (Å²) in [5.74, 6) is 0. The van der Waals surface area contributed by atoms with Crippen LogP contribution in [0.1, 0.15) is 25.3 Å². The van der Waals surface area contributed by atoms with Crippen molar-refractivity contribution in [1.29, 1.82) is 0 Å². The molecule has 0 aliphatic carbocycles. The Balaban J connectivity index is 1.63. The van der Waals surface area contributed by atoms with Crippen LogP contribution < -0.4 is 5.32 Å². The van der Waals surface area contributed by atoms with Crippen molar-refractivity contribution in [2.24, 2.45) is 0 Å². The fourth-order valence-electron chi connectivity index (χ4n) is 2.68. The number of aryl methyl sites for hydroxylation is 1. The van der Waals surface area contributed by atoms with Crippen LogP contribution in [0.25, 0.3) is 0 Å². The summed E-state index contributed by atoms with van der Waals surface area (Å²) in [6.45, 7) is 7.53. The van der Waals surface area contributed by atoms with Gasteiger partial charge in [-0.2, -0.15) is 0 Å². The number of hydrogen-bond acceptors (Lipinski definition) is 2. The van der Waals surface area contributed by atoms with E-state index in [-0.39, 0.29) is 6.03 Å². The zero-order valence-electron chi connectivity index (χ0n) is 13.4. The number of rotatable bonds is 6. The van der Waals surface area contributed by atoms with E-state index in [0.29, 0.717) is 0 Å². The molecule has 1 aliphatic rings. The molecule has 22 heavy (non-hydrogen) atoms. The second-order valence-corrected chi connectivity index (χ2v) is 6.23. The third-order valence-electron chi connectivity index (χ3n) is 4.04. The maximum Gasteiger partial charge on any atom is 0.317 e. The number of nitrogens with zero attached hydrogens (tertiary/aromatic N) is 2. The van der Waals surface area contributed by atoms with E-state index >= 15 is 0 Å². The summed E-state index contributed by atoms with van der Waals surface area (Å²) in [7, 11) is 0. The molecule has 1 aromatic rings. The zero-order chi connectivity index (χ0) is 15.8. The molecular weight excluding hydrogens is 298 g/mol. The molecule has 122 valence electrons. The van der Waals surface area contributed by atoms with Crippen LogP contribution in [0.2, 0.25) is 5.02 Å². The number of nitrogens with one attached hydrogen (secondary N) is 1. The molecule has 1 saturated heterocycles. The lowest BCUT2D eigenvalue weighted by atomic mass is 10.1. The first-order chi connectivity index (χ1) is 10.7. The van der Waals surface area contributed by atoms with Gasteiger partial charge in [-0.25, -0.2) is 4.79 Å². The van der Waals surface area contributed by atoms with Gasteiger partial charge in [0.2, 0.25) is 0 Å². The van der Waals surface area contributed by atoms with Crippen LogP contribution in [0.4, 0.5) is 4.79 Å². The third kappa shape index (κ3) is 5.50. The average Bonchev–Trinajstić information content (AvgIpc) is 2.55. The van der Waals surface area contributed by atoms with E-state index in [2.05, 4.69) is 29.3 Å². The molecule has 4 nitrogen and oxygen atoms in total. The van der Waals surface area contributed by atoms with E-state index in [9.17, 15) is 4.79 Å². The van der Waals surface area contributed by atoms with Crippen LogP contribution in [-0.2, 0) is 6.42 Å². The van der Waals surface area contributed by atoms with Gasteiger partial charge in [-0.3, -0.25) is 4.90 Å². The van der Waals surface area contributed by atoms with Gasteiger partial charge in [0.15, 0.2) is 0 Å². The number of piperazine rings is 1. The Bertz CT molecular complexity index is 455. The Labute approximate surface area is 138 Å². The van der Waals surface area contributed by atoms with Crippen molar-refractivity contribution in [2.75, 3.05) is 39.3 Å². The van der Waals surface area contributed by atoms with E-state index in [1.54, 1.807) is 0 Å². The minimum absolute atomic E-state index is 0.0858. The molecule has 1 aromatic carbocycles. The van der Waals surface area contributed by atoms with Gasteiger partial charge in [0.1, 0.15) is 0 Å². The number of hydrogen-bond donors (Lipinski definition) is 1. The molecule has 1 aliphatic heterocycles. The van der Waals surface area contributed by atoms with E-state index in [1.807, 2.05) is 17.0 Å². The first-order valence-electron chi connectivity index (χ1n) is 8.18. The minimum atomic E-state index is 0.0858. The van der Waals surface area contributed by atoms with Gasteiger partial charge in [0.05, 0.1) is 0 Å². The van der Waals surface area contributed by atoms with Crippen molar-refractivity contribution in [3.8, 4) is 0 Å². The lowest BCUT2D eigenvalue weighted by Crippen LogP contribution is -2.52. The summed E-state index contributed by atoms with van der Waals surface area (Å²) < 4.78 is 0. The van der Waals surface area contributed by atoms with Crippen molar-refractivity contribution in [3.05, 3.63) is 34.9 Å². The molecular formula is C17H26ClN3O. The predicted octanol–water partition coefficient (Wildman–Crippen LogP) is 3.01. The number of halogens is 1. The molecule has 1 fully saturated rings. The molecule has 2 rings (SSSR count). The van der Waals surface area contributed by atoms with Crippen molar-refractivity contribution in [2.45, 2.75) is 26.2 Å². The highest BCUT2D eigenvalue weighted by Gasteiger charge is 2.20. The average molecular weight is 324 g/mol. The molecule has 0 unspecified atom stereocenters. The Hall–Kier alpha value is -1.26. The fourth-order valence-corrected chi connectivity index (χ4v) is 2.80. The van der Waals surface area contributed by atoms with Gasteiger partial charge < -0.3 is 10.2 Å². The molecule has 5 heteroatoms. The Morgan fingerprint density at radius 3 is 2.50 bits per heavy atom. The molecule has 0 atom stereocenters. The second-order valence-electron chi connectivity index (χ2n) is 5.79. The van der Waals surface area contributed by atoms with Crippen molar-refractivity contribution in [1.82, 2.24) is 15.1 Å². The lowest BCUT2D eigenvalue weighted by molar-refractivity contribution is 0.138. The van der Waals surface area contributed by atoms with Gasteiger partial charge in [0.25, 0.3) is 0 Å². The van der Waals surface area contributed by atoms with Crippen LogP contribution in [0.5, 0.6) is 0 Å². The summed E-state index contributed by atoms with van der Waals surface area (Å²) in [6, 6.07) is 8.17. The van der Waals surface area contributed by atoms with Crippen molar-refractivity contribution >= 4 is 17.6 Å². The summed E-state index contributed by atoms with van der Waals surface area (Å²) in [5.41, 5.74) is 1.34.